The van der Waals surface area contributed by atoms with E-state index in [1.807, 2.05) is 0 Å². The summed E-state index contributed by atoms with van der Waals surface area (Å²) < 4.78 is 66.3. The maximum absolute atomic E-state index is 14.5. The summed E-state index contributed by atoms with van der Waals surface area (Å²) in [6, 6.07) is 3.55. The summed E-state index contributed by atoms with van der Waals surface area (Å²) in [5.74, 6) is -5.05. The van der Waals surface area contributed by atoms with Crippen LogP contribution in [-0.2, 0) is 92.4 Å². The first-order chi connectivity index (χ1) is 47.0. The predicted octanol–water partition coefficient (Wildman–Crippen LogP) is 4.98. The monoisotopic (exact) mass is 1370 g/mol. The number of ketones is 1. The quantitative estimate of drug-likeness (QED) is 0.0408. The number of rotatable bonds is 24. The number of fused-ring (bicyclic) bond motifs is 6. The van der Waals surface area contributed by atoms with E-state index < -0.39 is 120 Å². The standard InChI is InChI=1S/C70H99N7O21/c1-36(2)59(76-55(80)12-8-7-9-13-58(83)98-77-56(81)22-23-57(77)82)67(85)75-48(11-10-26-72-68(71)86)66(84)74-41-16-14-40(15-17-41)35-89-69(87)73-34-43(79)31-53-60(88-6)47-30-42(78)29-45-19-21-50-61(92-45)65-64-63(94-50)62-54(95-64)33-70(96-62,97-65)25-24-46-28-38(4)49(90-46)20-18-44-27-37(3)39(5)51(91-44)32-52(47)93-53/h14-17,36-37,43-54,59-65,79H,4-5,7-13,18-35H2,1-3,6H3,(H,73,87)(H,74,84)(H,75,85)(H,76,80)(H3,71,72,86)/t37-,43?,44?,45?,46?,47?,48?,49+,50?,51?,52+,53-,54-,59+,60-,61+,62?,63?,64?,65+,70+/m1/s1. The molecule has 1 aromatic carbocycles. The Kier molecular flexibility index (Phi) is 24.1. The van der Waals surface area contributed by atoms with Crippen molar-refractivity contribution >= 4 is 59.1 Å². The Labute approximate surface area is 571 Å². The van der Waals surface area contributed by atoms with Gasteiger partial charge in [-0.2, -0.15) is 0 Å². The van der Waals surface area contributed by atoms with Crippen molar-refractivity contribution in [2.24, 2.45) is 23.5 Å². The van der Waals surface area contributed by atoms with Gasteiger partial charge in [0.05, 0.1) is 67.1 Å². The number of amides is 8. The van der Waals surface area contributed by atoms with Crippen molar-refractivity contribution < 1.29 is 100 Å². The Hall–Kier alpha value is -6.47. The zero-order valence-corrected chi connectivity index (χ0v) is 56.7. The van der Waals surface area contributed by atoms with Crippen LogP contribution in [0.15, 0.2) is 48.6 Å². The van der Waals surface area contributed by atoms with Gasteiger partial charge in [-0.05, 0) is 111 Å². The van der Waals surface area contributed by atoms with Gasteiger partial charge in [0.15, 0.2) is 5.79 Å². The average Bonchev–Trinajstić information content (AvgIpc) is 1.55. The minimum atomic E-state index is -1.11. The zero-order chi connectivity index (χ0) is 69.5. The molecule has 11 fully saturated rings. The summed E-state index contributed by atoms with van der Waals surface area (Å²) in [4.78, 5) is 120. The van der Waals surface area contributed by atoms with Crippen LogP contribution in [0.3, 0.4) is 0 Å². The molecule has 98 heavy (non-hydrogen) atoms. The number of Topliss-reactive ketones (excluding diaryl/α,β-unsaturated/α-hetero) is 1. The number of hydrogen-bond donors (Lipinski definition) is 7. The Morgan fingerprint density at radius 2 is 1.45 bits per heavy atom. The van der Waals surface area contributed by atoms with E-state index in [2.05, 4.69) is 46.7 Å². The van der Waals surface area contributed by atoms with E-state index in [0.29, 0.717) is 67.7 Å². The highest BCUT2D eigenvalue weighted by molar-refractivity contribution is 6.01. The molecule has 21 atom stereocenters. The molecule has 8 N–H and O–H groups in total. The van der Waals surface area contributed by atoms with Crippen LogP contribution in [0, 0.1) is 17.8 Å². The number of alkyl carbamates (subject to hydrolysis) is 1. The number of nitrogens with one attached hydrogen (secondary N) is 5. The Bertz CT molecular complexity index is 3080. The van der Waals surface area contributed by atoms with Gasteiger partial charge in [0.1, 0.15) is 55.0 Å². The number of carbonyl (C=O) groups excluding carboxylic acids is 9. The van der Waals surface area contributed by atoms with Crippen LogP contribution in [0.4, 0.5) is 15.3 Å². The largest absolute Gasteiger partial charge is 0.445 e. The van der Waals surface area contributed by atoms with E-state index in [1.165, 1.54) is 0 Å². The molecular weight excluding hydrogens is 1270 g/mol. The summed E-state index contributed by atoms with van der Waals surface area (Å²) in [5, 5.41) is 25.4. The van der Waals surface area contributed by atoms with E-state index in [1.54, 1.807) is 45.2 Å². The topological polar surface area (TPSA) is 365 Å². The second kappa shape index (κ2) is 32.5. The molecule has 540 valence electrons. The van der Waals surface area contributed by atoms with E-state index in [0.717, 1.165) is 43.3 Å². The van der Waals surface area contributed by atoms with Crippen LogP contribution in [0.5, 0.6) is 0 Å². The molecule has 0 aliphatic carbocycles. The third-order valence-electron chi connectivity index (χ3n) is 21.1. The number of nitrogens with zero attached hydrogens (tertiary/aromatic N) is 1. The van der Waals surface area contributed by atoms with Crippen LogP contribution in [0.2, 0.25) is 0 Å². The van der Waals surface area contributed by atoms with Gasteiger partial charge in [-0.15, -0.1) is 5.06 Å². The first kappa shape index (κ1) is 72.8. The molecule has 11 aliphatic heterocycles. The van der Waals surface area contributed by atoms with Gasteiger partial charge in [0.25, 0.3) is 11.8 Å². The van der Waals surface area contributed by atoms with Gasteiger partial charge in [-0.25, -0.2) is 14.4 Å². The minimum Gasteiger partial charge on any atom is -0.445 e. The van der Waals surface area contributed by atoms with Crippen molar-refractivity contribution in [1.82, 2.24) is 26.3 Å². The Morgan fingerprint density at radius 3 is 2.20 bits per heavy atom. The number of imide groups is 1. The summed E-state index contributed by atoms with van der Waals surface area (Å²) in [5.41, 5.74) is 8.20. The lowest BCUT2D eigenvalue weighted by Crippen LogP contribution is -2.61. The van der Waals surface area contributed by atoms with Crippen molar-refractivity contribution in [2.75, 3.05) is 25.5 Å². The van der Waals surface area contributed by atoms with Crippen molar-refractivity contribution in [3.63, 3.8) is 0 Å². The number of anilines is 1. The molecule has 11 unspecified atom stereocenters. The molecule has 11 saturated heterocycles. The second-order valence-electron chi connectivity index (χ2n) is 28.7. The van der Waals surface area contributed by atoms with Crippen LogP contribution >= 0.6 is 0 Å². The van der Waals surface area contributed by atoms with E-state index >= 15 is 0 Å². The van der Waals surface area contributed by atoms with Crippen LogP contribution in [-0.4, -0.2) is 199 Å². The minimum absolute atomic E-state index is 0.0101. The highest BCUT2D eigenvalue weighted by Crippen LogP contribution is 2.55. The summed E-state index contributed by atoms with van der Waals surface area (Å²) in [6.45, 7) is 14.4. The number of aliphatic hydroxyl groups is 1. The number of aliphatic hydroxyl groups excluding tert-OH is 1. The number of hydroxylamine groups is 2. The normalized spacial score (nSPS) is 34.4. The van der Waals surface area contributed by atoms with Crippen LogP contribution in [0.25, 0.3) is 0 Å². The third-order valence-corrected chi connectivity index (χ3v) is 21.1. The molecule has 28 heteroatoms. The second-order valence-corrected chi connectivity index (χ2v) is 28.7. The number of urea groups is 1. The molecule has 0 aromatic heterocycles. The number of primary amides is 1. The van der Waals surface area contributed by atoms with Gasteiger partial charge in [0.2, 0.25) is 17.7 Å². The molecule has 11 aliphatic rings. The molecule has 11 heterocycles. The van der Waals surface area contributed by atoms with Gasteiger partial charge in [0, 0.05) is 96.0 Å². The summed E-state index contributed by atoms with van der Waals surface area (Å²) in [7, 11) is 1.58. The highest BCUT2D eigenvalue weighted by Gasteiger charge is 2.69. The van der Waals surface area contributed by atoms with E-state index in [-0.39, 0.29) is 144 Å². The molecule has 8 amide bonds. The van der Waals surface area contributed by atoms with E-state index in [9.17, 15) is 48.3 Å². The van der Waals surface area contributed by atoms with Crippen molar-refractivity contribution in [3.8, 4) is 0 Å². The smallest absolute Gasteiger partial charge is 0.407 e. The molecular formula is C70H99N7O21. The lowest BCUT2D eigenvalue weighted by Gasteiger charge is -2.47. The van der Waals surface area contributed by atoms with Gasteiger partial charge < -0.3 is 89.6 Å². The number of ether oxygens (including phenoxy) is 10. The lowest BCUT2D eigenvalue weighted by atomic mass is 9.81. The number of unbranched alkanes of at least 4 members (excludes halogenated alkanes) is 2. The third kappa shape index (κ3) is 17.8. The van der Waals surface area contributed by atoms with Crippen LogP contribution < -0.4 is 32.3 Å². The fourth-order valence-corrected chi connectivity index (χ4v) is 15.9. The molecule has 1 spiro atoms. The predicted molar refractivity (Wildman–Crippen MR) is 346 cm³/mol. The highest BCUT2D eigenvalue weighted by atomic mass is 16.8. The maximum atomic E-state index is 14.5. The first-order valence-electron chi connectivity index (χ1n) is 35.4. The van der Waals surface area contributed by atoms with Crippen molar-refractivity contribution in [3.05, 3.63) is 54.1 Å². The zero-order valence-electron chi connectivity index (χ0n) is 56.7. The van der Waals surface area contributed by atoms with Crippen molar-refractivity contribution in [1.29, 1.82) is 0 Å². The van der Waals surface area contributed by atoms with Crippen LogP contribution in [0.1, 0.15) is 168 Å². The van der Waals surface area contributed by atoms with E-state index in [4.69, 9.17) is 57.9 Å². The van der Waals surface area contributed by atoms with Gasteiger partial charge in [-0.3, -0.25) is 28.8 Å². The van der Waals surface area contributed by atoms with Gasteiger partial charge >= 0.3 is 18.1 Å². The summed E-state index contributed by atoms with van der Waals surface area (Å²) >= 11 is 0. The molecule has 12 bridgehead atoms. The SMILES string of the molecule is C=C1C2C[C@@H]3O[C@H](CC(O)CNC(=O)OCc4ccc(NC(=O)C(CCCNC(N)=O)NC(=O)[C@@H](NC(=O)CCCCCC(=O)ON5C(=O)CCC5=O)C(C)C)cc4)[C@H](OC)C3CC(=O)CC3CCC4OC5C6O[C@@H]7C[C@@](CCC8CC(=C)[C@H](CCC(C[C@H]1C)O2)O8)(OC57)O[C@H]6[C@H]4O3. The number of methoxy groups -OCH3 is 1. The maximum Gasteiger partial charge on any atom is 0.407 e. The average molecular weight is 1370 g/mol. The fraction of sp³-hybridized carbons (Fsp3) is 0.729. The first-order valence-corrected chi connectivity index (χ1v) is 35.4. The molecule has 0 saturated carbocycles. The number of nitrogens with two attached hydrogens (primary N) is 1. The Balaban J connectivity index is 0.664. The Morgan fingerprint density at radius 1 is 0.735 bits per heavy atom. The summed E-state index contributed by atoms with van der Waals surface area (Å²) in [6.07, 6.45) is 1.75. The number of hydrogen-bond acceptors (Lipinski definition) is 21. The fourth-order valence-electron chi connectivity index (χ4n) is 15.9. The van der Waals surface area contributed by atoms with Crippen molar-refractivity contribution in [2.45, 2.75) is 284 Å². The molecule has 1 aromatic rings. The number of carbonyl (C=O) groups is 9. The number of benzene rings is 1. The molecule has 0 radical (unpaired) electrons. The molecule has 12 rings (SSSR count). The van der Waals surface area contributed by atoms with Gasteiger partial charge in [-0.1, -0.05) is 52.5 Å². The molecule has 28 nitrogen and oxygen atoms in total. The lowest BCUT2D eigenvalue weighted by molar-refractivity contribution is -0.292.